The van der Waals surface area contributed by atoms with Crippen molar-refractivity contribution in [2.24, 2.45) is 11.3 Å². The summed E-state index contributed by atoms with van der Waals surface area (Å²) in [4.78, 5) is 28.6. The first-order chi connectivity index (χ1) is 18.3. The summed E-state index contributed by atoms with van der Waals surface area (Å²) in [5.74, 6) is -1.65. The normalized spacial score (nSPS) is 34.1. The predicted molar refractivity (Wildman–Crippen MR) is 151 cm³/mol. The maximum atomic E-state index is 16.0. The summed E-state index contributed by atoms with van der Waals surface area (Å²) in [6.45, 7) is 6.23. The highest BCUT2D eigenvalue weighted by Gasteiger charge is 2.72. The number of rotatable bonds is 4. The van der Waals surface area contributed by atoms with Crippen molar-refractivity contribution in [1.82, 2.24) is 5.32 Å². The van der Waals surface area contributed by atoms with Gasteiger partial charge in [-0.3, -0.25) is 14.9 Å². The van der Waals surface area contributed by atoms with Crippen LogP contribution in [0.1, 0.15) is 82.8 Å². The highest BCUT2D eigenvalue weighted by Crippen LogP contribution is 2.64. The first-order valence-corrected chi connectivity index (χ1v) is 14.6. The number of ketones is 1. The van der Waals surface area contributed by atoms with Crippen LogP contribution >= 0.6 is 23.2 Å². The summed E-state index contributed by atoms with van der Waals surface area (Å²) in [5.41, 5.74) is -1.05. The number of amides is 1. The average molecular weight is 574 g/mol. The molecule has 39 heavy (non-hydrogen) atoms. The third-order valence-corrected chi connectivity index (χ3v) is 10.6. The number of anilines is 1. The van der Waals surface area contributed by atoms with Crippen molar-refractivity contribution in [1.29, 1.82) is 0 Å². The smallest absolute Gasteiger partial charge is 0.237 e. The molecule has 2 aliphatic heterocycles. The molecule has 2 heterocycles. The van der Waals surface area contributed by atoms with E-state index < -0.39 is 34.3 Å². The maximum absolute atomic E-state index is 16.0. The number of Topliss-reactive ketones (excluding diaryl/α,β-unsaturated/α-hetero) is 1. The minimum absolute atomic E-state index is 0.0376. The van der Waals surface area contributed by atoms with Crippen LogP contribution in [-0.2, 0) is 15.0 Å². The van der Waals surface area contributed by atoms with Gasteiger partial charge in [0, 0.05) is 28.6 Å². The van der Waals surface area contributed by atoms with E-state index in [4.69, 9.17) is 23.2 Å². The van der Waals surface area contributed by atoms with Crippen molar-refractivity contribution in [3.05, 3.63) is 63.4 Å². The number of fused-ring (bicyclic) bond motifs is 3. The largest absolute Gasteiger partial charge is 0.390 e. The molecular weight excluding hydrogens is 538 g/mol. The van der Waals surface area contributed by atoms with Crippen LogP contribution in [0, 0.1) is 17.2 Å². The van der Waals surface area contributed by atoms with Gasteiger partial charge in [0.05, 0.1) is 16.7 Å². The topological polar surface area (TPSA) is 78.4 Å². The van der Waals surface area contributed by atoms with Gasteiger partial charge in [-0.25, -0.2) is 4.39 Å². The van der Waals surface area contributed by atoms with Crippen LogP contribution in [0.3, 0.4) is 0 Å². The first kappa shape index (κ1) is 27.2. The van der Waals surface area contributed by atoms with E-state index >= 15 is 4.39 Å². The Bertz CT molecular complexity index is 1360. The Morgan fingerprint density at radius 3 is 2.44 bits per heavy atom. The number of halogens is 3. The molecule has 2 spiro atoms. The third kappa shape index (κ3) is 4.08. The van der Waals surface area contributed by atoms with Gasteiger partial charge in [0.15, 0.2) is 5.78 Å². The van der Waals surface area contributed by atoms with Crippen LogP contribution < -0.4 is 10.6 Å². The molecule has 2 saturated carbocycles. The van der Waals surface area contributed by atoms with Crippen molar-refractivity contribution in [3.63, 3.8) is 0 Å². The second kappa shape index (κ2) is 9.01. The van der Waals surface area contributed by atoms with Crippen LogP contribution in [0.2, 0.25) is 10.0 Å². The van der Waals surface area contributed by atoms with Gasteiger partial charge >= 0.3 is 0 Å². The number of carbonyl (C=O) groups excluding carboxylic acids is 2. The zero-order valence-corrected chi connectivity index (χ0v) is 24.1. The van der Waals surface area contributed by atoms with Gasteiger partial charge in [0.2, 0.25) is 5.91 Å². The summed E-state index contributed by atoms with van der Waals surface area (Å²) in [6.07, 6.45) is 4.40. The van der Waals surface area contributed by atoms with Crippen LogP contribution in [0.5, 0.6) is 0 Å². The second-order valence-corrected chi connectivity index (χ2v) is 14.2. The Morgan fingerprint density at radius 2 is 1.77 bits per heavy atom. The fourth-order valence-electron chi connectivity index (χ4n) is 8.21. The molecule has 1 saturated heterocycles. The van der Waals surface area contributed by atoms with Gasteiger partial charge in [-0.15, -0.1) is 0 Å². The van der Waals surface area contributed by atoms with Crippen LogP contribution in [0.25, 0.3) is 0 Å². The van der Waals surface area contributed by atoms with Gasteiger partial charge in [0.25, 0.3) is 0 Å². The molecule has 5 nitrogen and oxygen atoms in total. The number of carbonyl (C=O) groups is 2. The Morgan fingerprint density at radius 1 is 1.08 bits per heavy atom. The summed E-state index contributed by atoms with van der Waals surface area (Å²) in [5, 5.41) is 17.5. The number of aliphatic hydroxyl groups is 1. The lowest BCUT2D eigenvalue weighted by atomic mass is 9.53. The van der Waals surface area contributed by atoms with E-state index in [0.29, 0.717) is 36.4 Å². The zero-order valence-electron chi connectivity index (χ0n) is 22.5. The Kier molecular flexibility index (Phi) is 6.28. The highest BCUT2D eigenvalue weighted by molar-refractivity contribution is 6.31. The molecule has 208 valence electrons. The summed E-state index contributed by atoms with van der Waals surface area (Å²) in [6, 6.07) is 9.41. The average Bonchev–Trinajstić information content (AvgIpc) is 3.29. The van der Waals surface area contributed by atoms with E-state index in [1.807, 2.05) is 6.07 Å². The van der Waals surface area contributed by atoms with E-state index in [1.165, 1.54) is 6.07 Å². The van der Waals surface area contributed by atoms with Gasteiger partial charge < -0.3 is 10.4 Å². The SMILES string of the molecule is CC1(C)CCC2(CC1)N[C@@H](C(=O)CC1CC(C)(O)C1)[C@H](c1cccc(Cl)c1F)[C@]21C(=O)Nc2cc(Cl)ccc21. The van der Waals surface area contributed by atoms with Gasteiger partial charge in [-0.2, -0.15) is 0 Å². The van der Waals surface area contributed by atoms with E-state index in [-0.39, 0.29) is 40.0 Å². The molecular formula is C31H35Cl2FN2O3. The molecule has 0 radical (unpaired) electrons. The molecule has 2 aromatic rings. The Balaban J connectivity index is 1.56. The van der Waals surface area contributed by atoms with Crippen LogP contribution in [0.4, 0.5) is 10.1 Å². The maximum Gasteiger partial charge on any atom is 0.237 e. The fraction of sp³-hybridized carbons (Fsp3) is 0.548. The van der Waals surface area contributed by atoms with Gasteiger partial charge in [-0.05, 0) is 86.1 Å². The molecule has 3 atom stereocenters. The third-order valence-electron chi connectivity index (χ3n) is 10.1. The minimum Gasteiger partial charge on any atom is -0.390 e. The molecule has 2 aliphatic carbocycles. The summed E-state index contributed by atoms with van der Waals surface area (Å²) < 4.78 is 16.0. The standard InChI is InChI=1S/C31H35Cl2FN2O3/c1-28(2)9-11-30(12-10-28)31(20-8-7-18(32)14-22(20)35-27(31)38)24(19-5-4-6-21(33)25(19)34)26(36-30)23(37)13-17-15-29(3,39)16-17/h4-8,14,17,24,26,36,39H,9-13,15-16H2,1-3H3,(H,35,38)/t17?,24-,26-,29?,31+/m0/s1. The molecule has 4 aliphatic rings. The van der Waals surface area contributed by atoms with Gasteiger partial charge in [-0.1, -0.05) is 55.2 Å². The van der Waals surface area contributed by atoms with E-state index in [0.717, 1.165) is 18.4 Å². The van der Waals surface area contributed by atoms with E-state index in [9.17, 15) is 14.7 Å². The number of nitrogens with one attached hydrogen (secondary N) is 2. The molecule has 1 amide bonds. The summed E-state index contributed by atoms with van der Waals surface area (Å²) >= 11 is 12.7. The monoisotopic (exact) mass is 572 g/mol. The minimum atomic E-state index is -1.24. The van der Waals surface area contributed by atoms with Gasteiger partial charge in [0.1, 0.15) is 11.2 Å². The van der Waals surface area contributed by atoms with Crippen molar-refractivity contribution in [2.45, 2.75) is 94.2 Å². The Labute approximate surface area is 238 Å². The van der Waals surface area contributed by atoms with Crippen molar-refractivity contribution in [3.8, 4) is 0 Å². The molecule has 6 rings (SSSR count). The van der Waals surface area contributed by atoms with Crippen molar-refractivity contribution in [2.75, 3.05) is 5.32 Å². The first-order valence-electron chi connectivity index (χ1n) is 13.9. The quantitative estimate of drug-likeness (QED) is 0.389. The van der Waals surface area contributed by atoms with Crippen LogP contribution in [-0.4, -0.2) is 34.0 Å². The molecule has 3 fully saturated rings. The predicted octanol–water partition coefficient (Wildman–Crippen LogP) is 6.54. The van der Waals surface area contributed by atoms with E-state index in [1.54, 1.807) is 31.2 Å². The van der Waals surface area contributed by atoms with Crippen molar-refractivity contribution < 1.29 is 19.1 Å². The lowest BCUT2D eigenvalue weighted by Gasteiger charge is -2.50. The van der Waals surface area contributed by atoms with Crippen LogP contribution in [0.15, 0.2) is 36.4 Å². The molecule has 0 aromatic heterocycles. The fourth-order valence-corrected chi connectivity index (χ4v) is 8.56. The number of hydrogen-bond acceptors (Lipinski definition) is 4. The molecule has 3 N–H and O–H groups in total. The Hall–Kier alpha value is -1.99. The highest BCUT2D eigenvalue weighted by atomic mass is 35.5. The van der Waals surface area contributed by atoms with E-state index in [2.05, 4.69) is 24.5 Å². The molecule has 8 heteroatoms. The second-order valence-electron chi connectivity index (χ2n) is 13.4. The zero-order chi connectivity index (χ0) is 28.0. The lowest BCUT2D eigenvalue weighted by Crippen LogP contribution is -2.61. The molecule has 0 bridgehead atoms. The number of hydrogen-bond donors (Lipinski definition) is 3. The number of benzene rings is 2. The summed E-state index contributed by atoms with van der Waals surface area (Å²) in [7, 11) is 0. The lowest BCUT2D eigenvalue weighted by molar-refractivity contribution is -0.126. The van der Waals surface area contributed by atoms with Crippen molar-refractivity contribution >= 4 is 40.6 Å². The molecule has 2 aromatic carbocycles. The molecule has 0 unspecified atom stereocenters.